The van der Waals surface area contributed by atoms with E-state index in [-0.39, 0.29) is 11.7 Å². The van der Waals surface area contributed by atoms with Crippen molar-refractivity contribution in [2.75, 3.05) is 0 Å². The lowest BCUT2D eigenvalue weighted by molar-refractivity contribution is -0.126. The standard InChI is InChI=1S/C21H29NO2/c1-5-15-11-14(4)12-16(6-2)17(15)18-19(23)21(22-20(18)24)9-7-13(3)8-10-21/h11-13,18H,5-10H2,1-4H3,(H,22,24). The van der Waals surface area contributed by atoms with Gasteiger partial charge in [-0.2, -0.15) is 0 Å². The summed E-state index contributed by atoms with van der Waals surface area (Å²) in [7, 11) is 0. The maximum atomic E-state index is 13.3. The van der Waals surface area contributed by atoms with Gasteiger partial charge >= 0.3 is 0 Å². The summed E-state index contributed by atoms with van der Waals surface area (Å²) < 4.78 is 0. The van der Waals surface area contributed by atoms with Crippen LogP contribution in [-0.4, -0.2) is 17.2 Å². The van der Waals surface area contributed by atoms with Crippen LogP contribution in [0.1, 0.15) is 74.6 Å². The third-order valence-corrected chi connectivity index (χ3v) is 6.03. The van der Waals surface area contributed by atoms with Gasteiger partial charge in [-0.25, -0.2) is 0 Å². The van der Waals surface area contributed by atoms with Gasteiger partial charge in [-0.1, -0.05) is 38.5 Å². The Hall–Kier alpha value is -1.64. The molecule has 0 aromatic heterocycles. The van der Waals surface area contributed by atoms with E-state index in [0.717, 1.165) is 55.2 Å². The van der Waals surface area contributed by atoms with E-state index < -0.39 is 11.5 Å². The Labute approximate surface area is 145 Å². The van der Waals surface area contributed by atoms with Gasteiger partial charge in [-0.15, -0.1) is 0 Å². The molecule has 130 valence electrons. The molecular formula is C21H29NO2. The van der Waals surface area contributed by atoms with Gasteiger partial charge in [0, 0.05) is 0 Å². The molecule has 3 rings (SSSR count). The van der Waals surface area contributed by atoms with Crippen molar-refractivity contribution in [2.24, 2.45) is 5.92 Å². The maximum absolute atomic E-state index is 13.3. The predicted molar refractivity (Wildman–Crippen MR) is 96.2 cm³/mol. The Kier molecular flexibility index (Phi) is 4.54. The number of nitrogens with one attached hydrogen (secondary N) is 1. The van der Waals surface area contributed by atoms with Gasteiger partial charge in [-0.3, -0.25) is 9.59 Å². The number of benzene rings is 1. The Balaban J connectivity index is 2.04. The van der Waals surface area contributed by atoms with Crippen molar-refractivity contribution in [1.29, 1.82) is 0 Å². The third-order valence-electron chi connectivity index (χ3n) is 6.03. The van der Waals surface area contributed by atoms with Crippen molar-refractivity contribution in [2.45, 2.75) is 77.7 Å². The van der Waals surface area contributed by atoms with Crippen molar-refractivity contribution in [3.8, 4) is 0 Å². The van der Waals surface area contributed by atoms with E-state index in [1.807, 2.05) is 0 Å². The first-order chi connectivity index (χ1) is 11.4. The summed E-state index contributed by atoms with van der Waals surface area (Å²) in [5.74, 6) is 0.0792. The zero-order valence-electron chi connectivity index (χ0n) is 15.4. The lowest BCUT2D eigenvalue weighted by Crippen LogP contribution is -2.49. The average molecular weight is 327 g/mol. The number of hydrogen-bond acceptors (Lipinski definition) is 2. The van der Waals surface area contributed by atoms with Gasteiger partial charge in [-0.05, 0) is 68.1 Å². The molecule has 1 aromatic carbocycles. The van der Waals surface area contributed by atoms with Crippen LogP contribution in [0.5, 0.6) is 0 Å². The minimum Gasteiger partial charge on any atom is -0.343 e. The maximum Gasteiger partial charge on any atom is 0.235 e. The summed E-state index contributed by atoms with van der Waals surface area (Å²) in [4.78, 5) is 26.2. The third kappa shape index (κ3) is 2.68. The Morgan fingerprint density at radius 2 is 1.62 bits per heavy atom. The second-order valence-corrected chi connectivity index (χ2v) is 7.76. The number of Topliss-reactive ketones (excluding diaryl/α,β-unsaturated/α-hetero) is 1. The molecule has 1 aromatic rings. The molecule has 2 aliphatic rings. The zero-order chi connectivity index (χ0) is 17.5. The molecule has 1 amide bonds. The van der Waals surface area contributed by atoms with Crippen molar-refractivity contribution < 1.29 is 9.59 Å². The predicted octanol–water partition coefficient (Wildman–Crippen LogP) is 3.85. The lowest BCUT2D eigenvalue weighted by Gasteiger charge is -2.34. The second kappa shape index (κ2) is 6.34. The summed E-state index contributed by atoms with van der Waals surface area (Å²) in [6.07, 6.45) is 5.34. The van der Waals surface area contributed by atoms with E-state index in [2.05, 4.69) is 45.1 Å². The van der Waals surface area contributed by atoms with Crippen molar-refractivity contribution >= 4 is 11.7 Å². The SMILES string of the molecule is CCc1cc(C)cc(CC)c1C1C(=O)NC2(CCC(C)CC2)C1=O. The molecule has 0 radical (unpaired) electrons. The smallest absolute Gasteiger partial charge is 0.235 e. The van der Waals surface area contributed by atoms with Crippen LogP contribution in [0.25, 0.3) is 0 Å². The highest BCUT2D eigenvalue weighted by molar-refractivity contribution is 6.17. The summed E-state index contributed by atoms with van der Waals surface area (Å²) >= 11 is 0. The Morgan fingerprint density at radius 1 is 1.08 bits per heavy atom. The van der Waals surface area contributed by atoms with Gasteiger partial charge in [0.1, 0.15) is 5.92 Å². The summed E-state index contributed by atoms with van der Waals surface area (Å²) in [6, 6.07) is 4.28. The number of aryl methyl sites for hydroxylation is 3. The minimum atomic E-state index is -0.607. The summed E-state index contributed by atoms with van der Waals surface area (Å²) in [5, 5.41) is 3.12. The molecule has 1 unspecified atom stereocenters. The zero-order valence-corrected chi connectivity index (χ0v) is 15.4. The number of amides is 1. The fourth-order valence-electron chi connectivity index (χ4n) is 4.56. The van der Waals surface area contributed by atoms with Crippen LogP contribution in [0.2, 0.25) is 0 Å². The highest BCUT2D eigenvalue weighted by Gasteiger charge is 2.54. The van der Waals surface area contributed by atoms with Gasteiger partial charge in [0.05, 0.1) is 5.54 Å². The van der Waals surface area contributed by atoms with E-state index in [4.69, 9.17) is 0 Å². The molecule has 1 saturated heterocycles. The molecule has 0 bridgehead atoms. The molecule has 1 N–H and O–H groups in total. The van der Waals surface area contributed by atoms with Gasteiger partial charge in [0.15, 0.2) is 5.78 Å². The molecule has 2 fully saturated rings. The molecule has 1 heterocycles. The summed E-state index contributed by atoms with van der Waals surface area (Å²) in [5.41, 5.74) is 3.90. The Morgan fingerprint density at radius 3 is 2.12 bits per heavy atom. The summed E-state index contributed by atoms with van der Waals surface area (Å²) in [6.45, 7) is 8.53. The van der Waals surface area contributed by atoms with Crippen LogP contribution >= 0.6 is 0 Å². The van der Waals surface area contributed by atoms with Crippen LogP contribution in [0.15, 0.2) is 12.1 Å². The van der Waals surface area contributed by atoms with Gasteiger partial charge in [0.25, 0.3) is 0 Å². The molecule has 3 heteroatoms. The van der Waals surface area contributed by atoms with E-state index >= 15 is 0 Å². The van der Waals surface area contributed by atoms with Crippen LogP contribution in [0.4, 0.5) is 0 Å². The Bertz CT molecular complexity index is 643. The van der Waals surface area contributed by atoms with Crippen molar-refractivity contribution in [3.05, 3.63) is 34.4 Å². The number of rotatable bonds is 3. The highest BCUT2D eigenvalue weighted by Crippen LogP contribution is 2.42. The highest BCUT2D eigenvalue weighted by atomic mass is 16.2. The topological polar surface area (TPSA) is 46.2 Å². The quantitative estimate of drug-likeness (QED) is 0.857. The minimum absolute atomic E-state index is 0.0807. The van der Waals surface area contributed by atoms with Crippen molar-refractivity contribution in [1.82, 2.24) is 5.32 Å². The van der Waals surface area contributed by atoms with E-state index in [9.17, 15) is 9.59 Å². The normalized spacial score (nSPS) is 30.0. The van der Waals surface area contributed by atoms with E-state index in [1.54, 1.807) is 0 Å². The van der Waals surface area contributed by atoms with Crippen LogP contribution < -0.4 is 5.32 Å². The largest absolute Gasteiger partial charge is 0.343 e. The molecule has 3 nitrogen and oxygen atoms in total. The first kappa shape index (κ1) is 17.2. The van der Waals surface area contributed by atoms with E-state index in [1.165, 1.54) is 5.56 Å². The number of carbonyl (C=O) groups excluding carboxylic acids is 2. The number of hydrogen-bond donors (Lipinski definition) is 1. The number of ketones is 1. The monoisotopic (exact) mass is 327 g/mol. The van der Waals surface area contributed by atoms with Crippen molar-refractivity contribution in [3.63, 3.8) is 0 Å². The first-order valence-corrected chi connectivity index (χ1v) is 9.40. The molecule has 1 aliphatic heterocycles. The van der Waals surface area contributed by atoms with Crippen LogP contribution in [0.3, 0.4) is 0 Å². The van der Waals surface area contributed by atoms with E-state index in [0.29, 0.717) is 5.92 Å². The molecule has 1 saturated carbocycles. The lowest BCUT2D eigenvalue weighted by atomic mass is 9.72. The first-order valence-electron chi connectivity index (χ1n) is 9.40. The van der Waals surface area contributed by atoms with Crippen LogP contribution in [-0.2, 0) is 22.4 Å². The molecule has 1 aliphatic carbocycles. The molecule has 24 heavy (non-hydrogen) atoms. The second-order valence-electron chi connectivity index (χ2n) is 7.76. The fourth-order valence-corrected chi connectivity index (χ4v) is 4.56. The molecule has 1 spiro atoms. The van der Waals surface area contributed by atoms with Gasteiger partial charge in [0.2, 0.25) is 5.91 Å². The van der Waals surface area contributed by atoms with Gasteiger partial charge < -0.3 is 5.32 Å². The molecular weight excluding hydrogens is 298 g/mol. The average Bonchev–Trinajstić information content (AvgIpc) is 2.80. The van der Waals surface area contributed by atoms with Crippen LogP contribution in [0, 0.1) is 12.8 Å². The number of carbonyl (C=O) groups is 2. The fraction of sp³-hybridized carbons (Fsp3) is 0.619. The molecule has 1 atom stereocenters.